The molecule has 218 valence electrons. The van der Waals surface area contributed by atoms with E-state index < -0.39 is 0 Å². The van der Waals surface area contributed by atoms with Crippen molar-refractivity contribution in [3.63, 3.8) is 0 Å². The van der Waals surface area contributed by atoms with Gasteiger partial charge in [0.15, 0.2) is 0 Å². The molecule has 0 saturated heterocycles. The minimum absolute atomic E-state index is 1.02. The fourth-order valence-corrected chi connectivity index (χ4v) is 6.99. The molecule has 1 aliphatic rings. The van der Waals surface area contributed by atoms with E-state index in [9.17, 15) is 0 Å². The van der Waals surface area contributed by atoms with E-state index in [-0.39, 0.29) is 0 Å². The fraction of sp³-hybridized carbons (Fsp3) is 0.0435. The number of fused-ring (bicyclic) bond motifs is 6. The van der Waals surface area contributed by atoms with Crippen molar-refractivity contribution >= 4 is 37.9 Å². The molecule has 0 fully saturated rings. The molecule has 0 spiro atoms. The van der Waals surface area contributed by atoms with Gasteiger partial charge in [-0.3, -0.25) is 0 Å². The van der Waals surface area contributed by atoms with Crippen LogP contribution >= 0.6 is 0 Å². The summed E-state index contributed by atoms with van der Waals surface area (Å²) in [6.45, 7) is 4.51. The van der Waals surface area contributed by atoms with Crippen LogP contribution in [0.25, 0.3) is 60.1 Å². The van der Waals surface area contributed by atoms with Crippen LogP contribution in [0.1, 0.15) is 24.0 Å². The Hall–Kier alpha value is -5.72. The van der Waals surface area contributed by atoms with Crippen LogP contribution in [0.2, 0.25) is 0 Å². The quantitative estimate of drug-likeness (QED) is 0.134. The number of hydrogen-bond acceptors (Lipinski definition) is 0. The molecule has 0 amide bonds. The van der Waals surface area contributed by atoms with Crippen molar-refractivity contribution in [1.29, 1.82) is 0 Å². The Labute approximate surface area is 271 Å². The minimum Gasteiger partial charge on any atom is -0.0915 e. The van der Waals surface area contributed by atoms with E-state index in [2.05, 4.69) is 176 Å². The second kappa shape index (κ2) is 12.0. The molecule has 1 aliphatic carbocycles. The average Bonchev–Trinajstić information content (AvgIpc) is 3.14. The lowest BCUT2D eigenvalue weighted by Crippen LogP contribution is -1.96. The first-order chi connectivity index (χ1) is 22.7. The Morgan fingerprint density at radius 3 is 1.85 bits per heavy atom. The van der Waals surface area contributed by atoms with Gasteiger partial charge >= 0.3 is 0 Å². The van der Waals surface area contributed by atoms with Crippen LogP contribution in [-0.2, 0) is 0 Å². The van der Waals surface area contributed by atoms with Crippen LogP contribution < -0.4 is 0 Å². The Kier molecular flexibility index (Phi) is 7.25. The van der Waals surface area contributed by atoms with Gasteiger partial charge in [0, 0.05) is 0 Å². The predicted molar refractivity (Wildman–Crippen MR) is 199 cm³/mol. The van der Waals surface area contributed by atoms with E-state index >= 15 is 0 Å². The topological polar surface area (TPSA) is 0 Å². The summed E-state index contributed by atoms with van der Waals surface area (Å²) in [5, 5.41) is 7.77. The number of benzene rings is 7. The van der Waals surface area contributed by atoms with Crippen molar-refractivity contribution in [2.45, 2.75) is 12.8 Å². The summed E-state index contributed by atoms with van der Waals surface area (Å²) in [5.41, 5.74) is 10.8. The van der Waals surface area contributed by atoms with Crippen LogP contribution in [0.5, 0.6) is 0 Å². The van der Waals surface area contributed by atoms with Crippen molar-refractivity contribution < 1.29 is 0 Å². The van der Waals surface area contributed by atoms with Gasteiger partial charge in [-0.05, 0) is 113 Å². The Bertz CT molecular complexity index is 2330. The molecule has 0 saturated carbocycles. The molecular weight excluding hydrogens is 553 g/mol. The molecule has 0 radical (unpaired) electrons. The highest BCUT2D eigenvalue weighted by molar-refractivity contribution is 6.25. The van der Waals surface area contributed by atoms with Crippen molar-refractivity contribution in [1.82, 2.24) is 0 Å². The third-order valence-corrected chi connectivity index (χ3v) is 9.30. The van der Waals surface area contributed by atoms with E-state index in [0.29, 0.717) is 0 Å². The largest absolute Gasteiger partial charge is 0.0915 e. The number of allylic oxidation sites excluding steroid dienone is 6. The van der Waals surface area contributed by atoms with Gasteiger partial charge in [0.05, 0.1) is 0 Å². The zero-order valence-electron chi connectivity index (χ0n) is 25.8. The molecule has 0 bridgehead atoms. The predicted octanol–water partition coefficient (Wildman–Crippen LogP) is 12.7. The zero-order valence-corrected chi connectivity index (χ0v) is 25.8. The van der Waals surface area contributed by atoms with Crippen molar-refractivity contribution in [2.24, 2.45) is 0 Å². The monoisotopic (exact) mass is 586 g/mol. The molecule has 0 unspecified atom stereocenters. The summed E-state index contributed by atoms with van der Waals surface area (Å²) >= 11 is 0. The molecular formula is C46H34. The highest BCUT2D eigenvalue weighted by Gasteiger charge is 2.15. The minimum atomic E-state index is 1.02. The van der Waals surface area contributed by atoms with Gasteiger partial charge in [-0.25, -0.2) is 0 Å². The maximum Gasteiger partial charge on any atom is -0.00928 e. The van der Waals surface area contributed by atoms with Crippen LogP contribution in [0.4, 0.5) is 0 Å². The number of rotatable bonds is 6. The van der Waals surface area contributed by atoms with Gasteiger partial charge in [0.1, 0.15) is 0 Å². The lowest BCUT2D eigenvalue weighted by atomic mass is 9.87. The third-order valence-electron chi connectivity index (χ3n) is 9.30. The lowest BCUT2D eigenvalue weighted by molar-refractivity contribution is 0.979. The summed E-state index contributed by atoms with van der Waals surface area (Å²) in [7, 11) is 0. The summed E-state index contributed by atoms with van der Waals surface area (Å²) in [6, 6.07) is 53.0. The molecule has 0 nitrogen and oxygen atoms in total. The van der Waals surface area contributed by atoms with Crippen LogP contribution in [0, 0.1) is 0 Å². The molecule has 46 heavy (non-hydrogen) atoms. The second-order valence-electron chi connectivity index (χ2n) is 12.1. The lowest BCUT2D eigenvalue weighted by Gasteiger charge is -2.17. The van der Waals surface area contributed by atoms with Crippen molar-refractivity contribution in [3.8, 4) is 22.3 Å². The first kappa shape index (κ1) is 27.8. The van der Waals surface area contributed by atoms with E-state index in [0.717, 1.165) is 18.4 Å². The highest BCUT2D eigenvalue weighted by atomic mass is 14.2. The summed E-state index contributed by atoms with van der Waals surface area (Å²) in [4.78, 5) is 0. The standard InChI is InChI=1S/C46H34/c1-32(33-15-4-2-5-16-33)29-45(34-17-6-3-7-18-34)39-22-9-8-21-38(39)37-20-14-19-35(30-37)36-27-28-44-42-25-11-10-23-40(42)41-24-12-13-26-43(41)46(44)31-36/h2-4,6-15,17-31H,1,5,16H2/b45-29-. The summed E-state index contributed by atoms with van der Waals surface area (Å²) in [6.07, 6.45) is 10.9. The number of hydrogen-bond donors (Lipinski definition) is 0. The zero-order chi connectivity index (χ0) is 30.9. The maximum absolute atomic E-state index is 4.51. The third kappa shape index (κ3) is 5.09. The van der Waals surface area contributed by atoms with Gasteiger partial charge in [0.25, 0.3) is 0 Å². The van der Waals surface area contributed by atoms with Crippen molar-refractivity contribution in [3.05, 3.63) is 199 Å². The first-order valence-corrected chi connectivity index (χ1v) is 16.1. The SMILES string of the molecule is C=C(/C=C(/c1ccccc1)c1ccccc1-c1cccc(-c2ccc3c4ccccc4c4ccccc4c3c2)c1)C1=CC=CCC1. The van der Waals surface area contributed by atoms with Gasteiger partial charge in [-0.15, -0.1) is 0 Å². The maximum atomic E-state index is 4.51. The molecule has 0 aromatic heterocycles. The molecule has 7 aromatic rings. The van der Waals surface area contributed by atoms with Gasteiger partial charge in [-0.2, -0.15) is 0 Å². The average molecular weight is 587 g/mol. The summed E-state index contributed by atoms with van der Waals surface area (Å²) in [5.74, 6) is 0. The molecule has 0 heterocycles. The Balaban J connectivity index is 1.26. The van der Waals surface area contributed by atoms with Crippen LogP contribution in [0.15, 0.2) is 188 Å². The highest BCUT2D eigenvalue weighted by Crippen LogP contribution is 2.39. The van der Waals surface area contributed by atoms with Crippen LogP contribution in [-0.4, -0.2) is 0 Å². The van der Waals surface area contributed by atoms with E-state index in [4.69, 9.17) is 0 Å². The normalized spacial score (nSPS) is 13.3. The van der Waals surface area contributed by atoms with E-state index in [1.54, 1.807) is 0 Å². The molecule has 7 aromatic carbocycles. The van der Waals surface area contributed by atoms with Gasteiger partial charge in [-0.1, -0.05) is 158 Å². The smallest absolute Gasteiger partial charge is 0.00928 e. The van der Waals surface area contributed by atoms with Crippen LogP contribution in [0.3, 0.4) is 0 Å². The fourth-order valence-electron chi connectivity index (χ4n) is 6.99. The summed E-state index contributed by atoms with van der Waals surface area (Å²) < 4.78 is 0. The molecule has 0 atom stereocenters. The molecule has 0 heteroatoms. The molecule has 8 rings (SSSR count). The van der Waals surface area contributed by atoms with E-state index in [1.165, 1.54) is 76.8 Å². The second-order valence-corrected chi connectivity index (χ2v) is 12.1. The molecule has 0 aliphatic heterocycles. The van der Waals surface area contributed by atoms with Crippen molar-refractivity contribution in [2.75, 3.05) is 0 Å². The van der Waals surface area contributed by atoms with E-state index in [1.807, 2.05) is 0 Å². The Morgan fingerprint density at radius 1 is 0.522 bits per heavy atom. The first-order valence-electron chi connectivity index (χ1n) is 16.1. The van der Waals surface area contributed by atoms with Gasteiger partial charge in [0.2, 0.25) is 0 Å². The Morgan fingerprint density at radius 2 is 1.13 bits per heavy atom. The van der Waals surface area contributed by atoms with Gasteiger partial charge < -0.3 is 0 Å². The molecule has 0 N–H and O–H groups in total.